The second kappa shape index (κ2) is 6.31. The summed E-state index contributed by atoms with van der Waals surface area (Å²) < 4.78 is 31.9. The summed E-state index contributed by atoms with van der Waals surface area (Å²) in [5.74, 6) is -4.99. The summed E-state index contributed by atoms with van der Waals surface area (Å²) in [5.41, 5.74) is -0.530. The monoisotopic (exact) mass is 287 g/mol. The molecule has 5 nitrogen and oxygen atoms in total. The summed E-state index contributed by atoms with van der Waals surface area (Å²) in [6, 6.07) is 1.20. The van der Waals surface area contributed by atoms with Crippen LogP contribution < -0.4 is 4.74 Å². The average molecular weight is 287 g/mol. The molecule has 0 aliphatic heterocycles. The number of benzene rings is 1. The molecule has 0 saturated heterocycles. The van der Waals surface area contributed by atoms with Crippen molar-refractivity contribution in [1.29, 1.82) is 0 Å². The Morgan fingerprint density at radius 1 is 1.30 bits per heavy atom. The maximum absolute atomic E-state index is 13.5. The zero-order valence-corrected chi connectivity index (χ0v) is 11.3. The van der Waals surface area contributed by atoms with Gasteiger partial charge in [0.25, 0.3) is 5.91 Å². The fourth-order valence-corrected chi connectivity index (χ4v) is 1.34. The molecular formula is C13H15F2NO4. The highest BCUT2D eigenvalue weighted by Gasteiger charge is 2.18. The largest absolute Gasteiger partial charge is 0.478 e. The van der Waals surface area contributed by atoms with E-state index in [0.29, 0.717) is 12.1 Å². The van der Waals surface area contributed by atoms with Crippen LogP contribution in [0.5, 0.6) is 5.75 Å². The van der Waals surface area contributed by atoms with Gasteiger partial charge in [-0.1, -0.05) is 0 Å². The molecule has 0 radical (unpaired) electrons. The number of hydrogen-bond acceptors (Lipinski definition) is 3. The highest BCUT2D eigenvalue weighted by atomic mass is 19.1. The Morgan fingerprint density at radius 3 is 2.20 bits per heavy atom. The minimum atomic E-state index is -1.45. The number of rotatable bonds is 5. The van der Waals surface area contributed by atoms with Crippen LogP contribution in [0.4, 0.5) is 8.78 Å². The van der Waals surface area contributed by atoms with Crippen molar-refractivity contribution in [2.24, 2.45) is 0 Å². The van der Waals surface area contributed by atoms with Gasteiger partial charge in [0.15, 0.2) is 24.0 Å². The van der Waals surface area contributed by atoms with E-state index in [-0.39, 0.29) is 6.04 Å². The maximum atomic E-state index is 13.5. The number of aromatic carboxylic acids is 1. The summed E-state index contributed by atoms with van der Waals surface area (Å²) >= 11 is 0. The van der Waals surface area contributed by atoms with Crippen LogP contribution in [0.2, 0.25) is 0 Å². The van der Waals surface area contributed by atoms with E-state index < -0.39 is 41.4 Å². The molecule has 7 heteroatoms. The van der Waals surface area contributed by atoms with Crippen molar-refractivity contribution >= 4 is 11.9 Å². The van der Waals surface area contributed by atoms with Crippen LogP contribution in [-0.4, -0.2) is 41.6 Å². The van der Waals surface area contributed by atoms with E-state index in [1.165, 1.54) is 11.9 Å². The Balaban J connectivity index is 2.84. The Hall–Kier alpha value is -2.18. The van der Waals surface area contributed by atoms with Gasteiger partial charge in [-0.2, -0.15) is 0 Å². The van der Waals surface area contributed by atoms with Gasteiger partial charge in [0, 0.05) is 13.1 Å². The van der Waals surface area contributed by atoms with Gasteiger partial charge < -0.3 is 14.7 Å². The molecule has 1 rings (SSSR count). The molecule has 0 saturated carbocycles. The molecule has 0 unspecified atom stereocenters. The molecule has 1 N–H and O–H groups in total. The van der Waals surface area contributed by atoms with Crippen LogP contribution in [0.25, 0.3) is 0 Å². The number of carboxylic acids is 1. The summed E-state index contributed by atoms with van der Waals surface area (Å²) in [5, 5.41) is 8.64. The second-order valence-electron chi connectivity index (χ2n) is 4.46. The van der Waals surface area contributed by atoms with E-state index in [9.17, 15) is 18.4 Å². The standard InChI is InChI=1S/C13H15F2NO4/c1-7(2)16(3)11(17)6-20-12-9(14)4-8(13(18)19)5-10(12)15/h4-5,7H,6H2,1-3H3,(H,18,19). The van der Waals surface area contributed by atoms with E-state index in [1.807, 2.05) is 0 Å². The molecule has 0 heterocycles. The van der Waals surface area contributed by atoms with Crippen LogP contribution in [0, 0.1) is 11.6 Å². The third kappa shape index (κ3) is 3.66. The van der Waals surface area contributed by atoms with Gasteiger partial charge in [-0.25, -0.2) is 13.6 Å². The summed E-state index contributed by atoms with van der Waals surface area (Å²) in [7, 11) is 1.54. The fraction of sp³-hybridized carbons (Fsp3) is 0.385. The summed E-state index contributed by atoms with van der Waals surface area (Å²) in [6.45, 7) is 3.02. The lowest BCUT2D eigenvalue weighted by Crippen LogP contribution is -2.36. The molecule has 0 atom stereocenters. The molecule has 0 spiro atoms. The average Bonchev–Trinajstić information content (AvgIpc) is 2.35. The van der Waals surface area contributed by atoms with E-state index >= 15 is 0 Å². The SMILES string of the molecule is CC(C)N(C)C(=O)COc1c(F)cc(C(=O)O)cc1F. The van der Waals surface area contributed by atoms with Crippen LogP contribution in [0.15, 0.2) is 12.1 Å². The first-order valence-corrected chi connectivity index (χ1v) is 5.84. The van der Waals surface area contributed by atoms with Crippen LogP contribution in [0.1, 0.15) is 24.2 Å². The first kappa shape index (κ1) is 15.9. The molecule has 0 aromatic heterocycles. The lowest BCUT2D eigenvalue weighted by molar-refractivity contribution is -0.133. The molecule has 110 valence electrons. The third-order valence-corrected chi connectivity index (χ3v) is 2.75. The lowest BCUT2D eigenvalue weighted by atomic mass is 10.2. The van der Waals surface area contributed by atoms with Gasteiger partial charge >= 0.3 is 5.97 Å². The predicted octanol–water partition coefficient (Wildman–Crippen LogP) is 1.91. The highest BCUT2D eigenvalue weighted by Crippen LogP contribution is 2.23. The fourth-order valence-electron chi connectivity index (χ4n) is 1.34. The Morgan fingerprint density at radius 2 is 1.80 bits per heavy atom. The molecule has 1 aromatic carbocycles. The van der Waals surface area contributed by atoms with Gasteiger partial charge in [-0.15, -0.1) is 0 Å². The smallest absolute Gasteiger partial charge is 0.335 e. The second-order valence-corrected chi connectivity index (χ2v) is 4.46. The van der Waals surface area contributed by atoms with Crippen LogP contribution >= 0.6 is 0 Å². The number of halogens is 2. The Kier molecular flexibility index (Phi) is 5.01. The number of carbonyl (C=O) groups excluding carboxylic acids is 1. The number of ether oxygens (including phenoxy) is 1. The molecule has 0 aliphatic carbocycles. The summed E-state index contributed by atoms with van der Waals surface area (Å²) in [6.07, 6.45) is 0. The highest BCUT2D eigenvalue weighted by molar-refractivity contribution is 5.87. The van der Waals surface area contributed by atoms with Crippen molar-refractivity contribution in [3.05, 3.63) is 29.3 Å². The third-order valence-electron chi connectivity index (χ3n) is 2.75. The normalized spacial score (nSPS) is 10.5. The van der Waals surface area contributed by atoms with Crippen molar-refractivity contribution in [3.8, 4) is 5.75 Å². The first-order chi connectivity index (χ1) is 9.23. The van der Waals surface area contributed by atoms with Crippen molar-refractivity contribution in [1.82, 2.24) is 4.90 Å². The molecule has 20 heavy (non-hydrogen) atoms. The zero-order valence-electron chi connectivity index (χ0n) is 11.3. The number of likely N-dealkylation sites (N-methyl/N-ethyl adjacent to an activating group) is 1. The summed E-state index contributed by atoms with van der Waals surface area (Å²) in [4.78, 5) is 23.6. The van der Waals surface area contributed by atoms with E-state index in [4.69, 9.17) is 9.84 Å². The molecule has 0 bridgehead atoms. The minimum Gasteiger partial charge on any atom is -0.478 e. The van der Waals surface area contributed by atoms with E-state index in [1.54, 1.807) is 13.8 Å². The predicted molar refractivity (Wildman–Crippen MR) is 66.7 cm³/mol. The zero-order chi connectivity index (χ0) is 15.4. The number of carbonyl (C=O) groups is 2. The molecule has 0 fully saturated rings. The van der Waals surface area contributed by atoms with Gasteiger partial charge in [0.1, 0.15) is 0 Å². The number of amides is 1. The van der Waals surface area contributed by atoms with Crippen molar-refractivity contribution < 1.29 is 28.2 Å². The Labute approximate surface area is 114 Å². The maximum Gasteiger partial charge on any atom is 0.335 e. The minimum absolute atomic E-state index is 0.0739. The van der Waals surface area contributed by atoms with E-state index in [0.717, 1.165) is 0 Å². The van der Waals surface area contributed by atoms with Gasteiger partial charge in [-0.05, 0) is 26.0 Å². The molecule has 1 aromatic rings. The van der Waals surface area contributed by atoms with Gasteiger partial charge in [0.05, 0.1) is 5.56 Å². The molecule has 1 amide bonds. The number of nitrogens with zero attached hydrogens (tertiary/aromatic N) is 1. The van der Waals surface area contributed by atoms with Gasteiger partial charge in [-0.3, -0.25) is 4.79 Å². The van der Waals surface area contributed by atoms with Crippen molar-refractivity contribution in [2.45, 2.75) is 19.9 Å². The molecular weight excluding hydrogens is 272 g/mol. The number of hydrogen-bond donors (Lipinski definition) is 1. The lowest BCUT2D eigenvalue weighted by Gasteiger charge is -2.21. The van der Waals surface area contributed by atoms with E-state index in [2.05, 4.69) is 0 Å². The van der Waals surface area contributed by atoms with Crippen molar-refractivity contribution in [3.63, 3.8) is 0 Å². The Bertz CT molecular complexity index is 508. The molecule has 0 aliphatic rings. The van der Waals surface area contributed by atoms with Crippen LogP contribution in [0.3, 0.4) is 0 Å². The number of carboxylic acid groups (broad SMARTS) is 1. The quantitative estimate of drug-likeness (QED) is 0.898. The van der Waals surface area contributed by atoms with Gasteiger partial charge in [0.2, 0.25) is 0 Å². The van der Waals surface area contributed by atoms with Crippen LogP contribution in [-0.2, 0) is 4.79 Å². The van der Waals surface area contributed by atoms with Crippen molar-refractivity contribution in [2.75, 3.05) is 13.7 Å². The first-order valence-electron chi connectivity index (χ1n) is 5.84. The topological polar surface area (TPSA) is 66.8 Å².